The van der Waals surface area contributed by atoms with Crippen molar-refractivity contribution in [1.29, 1.82) is 0 Å². The number of hydrogen-bond donors (Lipinski definition) is 0. The Kier molecular flexibility index (Phi) is 4.20. The van der Waals surface area contributed by atoms with E-state index in [2.05, 4.69) is 20.9 Å². The van der Waals surface area contributed by atoms with Gasteiger partial charge in [-0.25, -0.2) is 9.78 Å². The molecule has 1 saturated heterocycles. The fraction of sp³-hybridized carbons (Fsp3) is 0.111. The summed E-state index contributed by atoms with van der Waals surface area (Å²) in [6, 6.07) is 6.97. The maximum absolute atomic E-state index is 12.5. The number of benzene rings is 1. The minimum atomic E-state index is -0.649. The van der Waals surface area contributed by atoms with Crippen LogP contribution in [0.4, 0.5) is 4.79 Å². The van der Waals surface area contributed by atoms with E-state index < -0.39 is 17.8 Å². The fourth-order valence-electron chi connectivity index (χ4n) is 2.87. The average molecular weight is 445 g/mol. The van der Waals surface area contributed by atoms with E-state index in [1.165, 1.54) is 31.5 Å². The number of carbonyl (C=O) groups is 3. The van der Waals surface area contributed by atoms with Gasteiger partial charge in [0.05, 0.1) is 11.4 Å². The van der Waals surface area contributed by atoms with Gasteiger partial charge in [-0.3, -0.25) is 23.8 Å². The maximum Gasteiger partial charge on any atom is 0.333 e. The van der Waals surface area contributed by atoms with Gasteiger partial charge < -0.3 is 0 Å². The first kappa shape index (κ1) is 17.6. The molecule has 4 rings (SSSR count). The molecule has 4 amide bonds. The number of thiazole rings is 1. The summed E-state index contributed by atoms with van der Waals surface area (Å²) in [5, 5.41) is 1.88. The van der Waals surface area contributed by atoms with Gasteiger partial charge in [0.25, 0.3) is 11.8 Å². The van der Waals surface area contributed by atoms with Gasteiger partial charge in [0.1, 0.15) is 5.57 Å². The van der Waals surface area contributed by atoms with Crippen LogP contribution in [0, 0.1) is 0 Å². The topological polar surface area (TPSA) is 75.0 Å². The van der Waals surface area contributed by atoms with E-state index in [1.807, 2.05) is 40.2 Å². The summed E-state index contributed by atoms with van der Waals surface area (Å²) >= 11 is 4.86. The van der Waals surface area contributed by atoms with Crippen molar-refractivity contribution < 1.29 is 14.4 Å². The molecule has 136 valence electrons. The third-order valence-electron chi connectivity index (χ3n) is 4.34. The van der Waals surface area contributed by atoms with Crippen molar-refractivity contribution in [2.24, 2.45) is 0 Å². The number of imidazole rings is 1. The molecule has 1 fully saturated rings. The predicted octanol–water partition coefficient (Wildman–Crippen LogP) is 3.26. The minimum absolute atomic E-state index is 0.0778. The van der Waals surface area contributed by atoms with E-state index in [1.54, 1.807) is 0 Å². The lowest BCUT2D eigenvalue weighted by atomic mass is 10.1. The summed E-state index contributed by atoms with van der Waals surface area (Å²) in [5.41, 5.74) is 2.05. The molecule has 0 N–H and O–H groups in total. The Morgan fingerprint density at radius 2 is 1.67 bits per heavy atom. The summed E-state index contributed by atoms with van der Waals surface area (Å²) in [7, 11) is 2.71. The molecule has 27 heavy (non-hydrogen) atoms. The maximum atomic E-state index is 12.5. The molecule has 3 aromatic rings. The second-order valence-corrected chi connectivity index (χ2v) is 7.77. The highest BCUT2D eigenvalue weighted by molar-refractivity contribution is 9.10. The van der Waals surface area contributed by atoms with Gasteiger partial charge in [0.2, 0.25) is 0 Å². The number of amides is 4. The quantitative estimate of drug-likeness (QED) is 0.449. The molecule has 0 radical (unpaired) electrons. The Morgan fingerprint density at radius 3 is 2.30 bits per heavy atom. The Labute approximate surface area is 166 Å². The molecule has 3 heterocycles. The number of barbiturate groups is 1. The number of aromatic nitrogens is 2. The van der Waals surface area contributed by atoms with Gasteiger partial charge in [0, 0.05) is 35.7 Å². The zero-order valence-electron chi connectivity index (χ0n) is 14.3. The van der Waals surface area contributed by atoms with Crippen LogP contribution in [-0.2, 0) is 9.59 Å². The van der Waals surface area contributed by atoms with Crippen LogP contribution in [0.15, 0.2) is 45.9 Å². The zero-order valence-corrected chi connectivity index (χ0v) is 16.7. The summed E-state index contributed by atoms with van der Waals surface area (Å²) in [6.45, 7) is 0. The third kappa shape index (κ3) is 2.79. The molecule has 0 unspecified atom stereocenters. The number of urea groups is 1. The molecule has 0 bridgehead atoms. The summed E-state index contributed by atoms with van der Waals surface area (Å²) in [5.74, 6) is -1.26. The van der Waals surface area contributed by atoms with Gasteiger partial charge in [-0.05, 0) is 18.2 Å². The molecule has 1 aliphatic rings. The first-order valence-electron chi connectivity index (χ1n) is 7.91. The highest BCUT2D eigenvalue weighted by Gasteiger charge is 2.38. The van der Waals surface area contributed by atoms with E-state index in [9.17, 15) is 14.4 Å². The largest absolute Gasteiger partial charge is 0.333 e. The minimum Gasteiger partial charge on any atom is -0.290 e. The van der Waals surface area contributed by atoms with Gasteiger partial charge in [-0.1, -0.05) is 28.1 Å². The Balaban J connectivity index is 1.92. The lowest BCUT2D eigenvalue weighted by Gasteiger charge is -2.28. The molecule has 0 saturated carbocycles. The van der Waals surface area contributed by atoms with Crippen LogP contribution in [0.5, 0.6) is 0 Å². The van der Waals surface area contributed by atoms with Crippen molar-refractivity contribution in [2.75, 3.05) is 14.1 Å². The monoisotopic (exact) mass is 444 g/mol. The molecule has 0 atom stereocenters. The first-order valence-corrected chi connectivity index (χ1v) is 9.59. The second-order valence-electron chi connectivity index (χ2n) is 5.98. The number of halogens is 1. The summed E-state index contributed by atoms with van der Waals surface area (Å²) in [6.07, 6.45) is 3.34. The number of fused-ring (bicyclic) bond motifs is 1. The molecule has 2 aromatic heterocycles. The van der Waals surface area contributed by atoms with Gasteiger partial charge in [-0.2, -0.15) is 0 Å². The standard InChI is InChI=1S/C18H13BrN4O3S/c1-21-15(24)12(16(25)22(2)18(21)26)9-13-14(10-3-5-11(19)6-4-10)20-17-23(13)7-8-27-17/h3-9H,1-2H3. The van der Waals surface area contributed by atoms with Crippen molar-refractivity contribution in [3.8, 4) is 11.3 Å². The van der Waals surface area contributed by atoms with E-state index in [4.69, 9.17) is 0 Å². The fourth-order valence-corrected chi connectivity index (χ4v) is 3.86. The Hall–Kier alpha value is -2.78. The van der Waals surface area contributed by atoms with Gasteiger partial charge >= 0.3 is 6.03 Å². The molecular formula is C18H13BrN4O3S. The van der Waals surface area contributed by atoms with E-state index in [0.717, 1.165) is 24.8 Å². The molecule has 1 aromatic carbocycles. The lowest BCUT2D eigenvalue weighted by Crippen LogP contribution is -2.52. The molecule has 0 spiro atoms. The number of likely N-dealkylation sites (N-methyl/N-ethyl adjacent to an activating group) is 2. The number of rotatable bonds is 2. The van der Waals surface area contributed by atoms with Crippen LogP contribution in [0.3, 0.4) is 0 Å². The van der Waals surface area contributed by atoms with Gasteiger partial charge in [-0.15, -0.1) is 11.3 Å². The second kappa shape index (κ2) is 6.43. The number of carbonyl (C=O) groups excluding carboxylic acids is 3. The highest BCUT2D eigenvalue weighted by Crippen LogP contribution is 2.30. The van der Waals surface area contributed by atoms with Crippen molar-refractivity contribution in [2.45, 2.75) is 0 Å². The Bertz CT molecular complexity index is 1100. The van der Waals surface area contributed by atoms with Crippen LogP contribution in [0.1, 0.15) is 5.69 Å². The van der Waals surface area contributed by atoms with E-state index in [0.29, 0.717) is 11.4 Å². The highest BCUT2D eigenvalue weighted by atomic mass is 79.9. The zero-order chi connectivity index (χ0) is 19.3. The molecular weight excluding hydrogens is 432 g/mol. The molecule has 9 heteroatoms. The van der Waals surface area contributed by atoms with Gasteiger partial charge in [0.15, 0.2) is 4.96 Å². The van der Waals surface area contributed by atoms with E-state index >= 15 is 0 Å². The first-order chi connectivity index (χ1) is 12.9. The number of nitrogens with zero attached hydrogens (tertiary/aromatic N) is 4. The van der Waals surface area contributed by atoms with Crippen LogP contribution >= 0.6 is 27.3 Å². The lowest BCUT2D eigenvalue weighted by molar-refractivity contribution is -0.134. The summed E-state index contributed by atoms with van der Waals surface area (Å²) < 4.78 is 2.76. The Morgan fingerprint density at radius 1 is 1.04 bits per heavy atom. The molecule has 0 aliphatic carbocycles. The SMILES string of the molecule is CN1C(=O)C(=Cc2c(-c3ccc(Br)cc3)nc3sccn23)C(=O)N(C)C1=O. The van der Waals surface area contributed by atoms with Crippen molar-refractivity contribution in [1.82, 2.24) is 19.2 Å². The smallest absolute Gasteiger partial charge is 0.290 e. The normalized spacial score (nSPS) is 15.2. The predicted molar refractivity (Wildman–Crippen MR) is 105 cm³/mol. The third-order valence-corrected chi connectivity index (χ3v) is 5.63. The number of imide groups is 2. The number of hydrogen-bond acceptors (Lipinski definition) is 5. The van der Waals surface area contributed by atoms with Crippen molar-refractivity contribution >= 4 is 56.1 Å². The summed E-state index contributed by atoms with van der Waals surface area (Å²) in [4.78, 5) is 44.3. The molecule has 1 aliphatic heterocycles. The average Bonchev–Trinajstić information content (AvgIpc) is 3.24. The van der Waals surface area contributed by atoms with E-state index in [-0.39, 0.29) is 5.57 Å². The molecule has 7 nitrogen and oxygen atoms in total. The van der Waals surface area contributed by atoms with Crippen LogP contribution < -0.4 is 0 Å². The van der Waals surface area contributed by atoms with Crippen LogP contribution in [-0.4, -0.2) is 51.1 Å². The van der Waals surface area contributed by atoms with Crippen LogP contribution in [0.25, 0.3) is 22.3 Å². The van der Waals surface area contributed by atoms with Crippen molar-refractivity contribution in [3.63, 3.8) is 0 Å². The van der Waals surface area contributed by atoms with Crippen molar-refractivity contribution in [3.05, 3.63) is 51.6 Å². The van der Waals surface area contributed by atoms with Crippen LogP contribution in [0.2, 0.25) is 0 Å².